The molecule has 3 nitrogen and oxygen atoms in total. The monoisotopic (exact) mass is 375 g/mol. The molecule has 1 unspecified atom stereocenters. The highest BCUT2D eigenvalue weighted by atomic mass is 35.5. The van der Waals surface area contributed by atoms with Crippen LogP contribution in [0.3, 0.4) is 0 Å². The zero-order valence-corrected chi connectivity index (χ0v) is 15.2. The van der Waals surface area contributed by atoms with Crippen molar-refractivity contribution in [2.45, 2.75) is 24.4 Å². The SMILES string of the molecule is O=C(OC1C[C@@H]2CNC[C@]2(c2ccc(Cl)c(Cl)c2)C1)c1ccccc1. The number of fused-ring (bicyclic) bond motifs is 1. The highest BCUT2D eigenvalue weighted by molar-refractivity contribution is 6.42. The van der Waals surface area contributed by atoms with Gasteiger partial charge in [0.2, 0.25) is 0 Å². The van der Waals surface area contributed by atoms with E-state index < -0.39 is 0 Å². The van der Waals surface area contributed by atoms with Crippen molar-refractivity contribution >= 4 is 29.2 Å². The lowest BCUT2D eigenvalue weighted by molar-refractivity contribution is 0.0297. The van der Waals surface area contributed by atoms with Gasteiger partial charge in [-0.2, -0.15) is 0 Å². The average Bonchev–Trinajstić information content (AvgIpc) is 3.16. The van der Waals surface area contributed by atoms with Crippen LogP contribution in [-0.2, 0) is 10.2 Å². The van der Waals surface area contributed by atoms with Gasteiger partial charge in [-0.1, -0.05) is 47.5 Å². The fraction of sp³-hybridized carbons (Fsp3) is 0.350. The molecule has 1 saturated carbocycles. The Balaban J connectivity index is 1.55. The first kappa shape index (κ1) is 16.9. The molecule has 2 aromatic rings. The maximum atomic E-state index is 12.4. The number of benzene rings is 2. The Morgan fingerprint density at radius 1 is 1.12 bits per heavy atom. The van der Waals surface area contributed by atoms with Crippen LogP contribution in [0.5, 0.6) is 0 Å². The number of ether oxygens (including phenoxy) is 1. The van der Waals surface area contributed by atoms with Crippen molar-refractivity contribution in [1.82, 2.24) is 5.32 Å². The second kappa shape index (κ2) is 6.64. The summed E-state index contributed by atoms with van der Waals surface area (Å²) in [4.78, 5) is 12.4. The van der Waals surface area contributed by atoms with Gasteiger partial charge in [0.1, 0.15) is 6.10 Å². The van der Waals surface area contributed by atoms with Crippen molar-refractivity contribution in [3.8, 4) is 0 Å². The van der Waals surface area contributed by atoms with Crippen LogP contribution < -0.4 is 5.32 Å². The van der Waals surface area contributed by atoms with Crippen molar-refractivity contribution in [3.63, 3.8) is 0 Å². The molecule has 3 atom stereocenters. The van der Waals surface area contributed by atoms with Crippen LogP contribution in [-0.4, -0.2) is 25.2 Å². The molecule has 1 N–H and O–H groups in total. The molecule has 1 aliphatic carbocycles. The molecule has 130 valence electrons. The lowest BCUT2D eigenvalue weighted by Crippen LogP contribution is -2.32. The first-order chi connectivity index (χ1) is 12.1. The summed E-state index contributed by atoms with van der Waals surface area (Å²) >= 11 is 12.3. The predicted octanol–water partition coefficient (Wildman–Crippen LogP) is 4.47. The molecular formula is C20H19Cl2NO2. The van der Waals surface area contributed by atoms with Gasteiger partial charge in [0.15, 0.2) is 0 Å². The molecule has 2 aliphatic rings. The molecule has 1 heterocycles. The fourth-order valence-corrected chi connectivity index (χ4v) is 4.61. The summed E-state index contributed by atoms with van der Waals surface area (Å²) in [5.74, 6) is 0.182. The number of nitrogens with one attached hydrogen (secondary N) is 1. The number of carbonyl (C=O) groups is 1. The van der Waals surface area contributed by atoms with Crippen molar-refractivity contribution in [2.24, 2.45) is 5.92 Å². The van der Waals surface area contributed by atoms with E-state index in [4.69, 9.17) is 27.9 Å². The highest BCUT2D eigenvalue weighted by Crippen LogP contribution is 2.49. The molecule has 5 heteroatoms. The van der Waals surface area contributed by atoms with Crippen LogP contribution in [0.4, 0.5) is 0 Å². The summed E-state index contributed by atoms with van der Waals surface area (Å²) in [5, 5.41) is 4.62. The summed E-state index contributed by atoms with van der Waals surface area (Å²) < 4.78 is 5.81. The molecule has 2 fully saturated rings. The third kappa shape index (κ3) is 3.05. The number of carbonyl (C=O) groups excluding carboxylic acids is 1. The Morgan fingerprint density at radius 3 is 2.68 bits per heavy atom. The minimum Gasteiger partial charge on any atom is -0.459 e. The standard InChI is InChI=1S/C20H19Cl2NO2/c21-17-7-6-14(9-18(17)22)20-10-16(8-15(20)11-23-12-20)25-19(24)13-4-2-1-3-5-13/h1-7,9,15-16,23H,8,10-12H2/t15-,16?,20+/m1/s1. The number of hydrogen-bond acceptors (Lipinski definition) is 3. The molecule has 0 amide bonds. The quantitative estimate of drug-likeness (QED) is 0.804. The van der Waals surface area contributed by atoms with Gasteiger partial charge in [0, 0.05) is 12.0 Å². The fourth-order valence-electron chi connectivity index (χ4n) is 4.31. The molecule has 0 aromatic heterocycles. The smallest absolute Gasteiger partial charge is 0.338 e. The summed E-state index contributed by atoms with van der Waals surface area (Å²) in [6, 6.07) is 15.0. The lowest BCUT2D eigenvalue weighted by Gasteiger charge is -2.29. The van der Waals surface area contributed by atoms with E-state index in [9.17, 15) is 4.79 Å². The van der Waals surface area contributed by atoms with Crippen LogP contribution >= 0.6 is 23.2 Å². The highest BCUT2D eigenvalue weighted by Gasteiger charge is 2.52. The molecule has 25 heavy (non-hydrogen) atoms. The van der Waals surface area contributed by atoms with Crippen LogP contribution in [0, 0.1) is 5.92 Å². The molecule has 0 radical (unpaired) electrons. The summed E-state index contributed by atoms with van der Waals surface area (Å²) in [6.45, 7) is 1.80. The van der Waals surface area contributed by atoms with E-state index in [1.54, 1.807) is 12.1 Å². The maximum absolute atomic E-state index is 12.4. The normalized spacial score (nSPS) is 27.9. The van der Waals surface area contributed by atoms with Gasteiger partial charge in [-0.15, -0.1) is 0 Å². The summed E-state index contributed by atoms with van der Waals surface area (Å²) in [6.07, 6.45) is 1.60. The van der Waals surface area contributed by atoms with Gasteiger partial charge in [-0.25, -0.2) is 4.79 Å². The van der Waals surface area contributed by atoms with E-state index in [2.05, 4.69) is 11.4 Å². The van der Waals surface area contributed by atoms with Gasteiger partial charge in [0.05, 0.1) is 15.6 Å². The van der Waals surface area contributed by atoms with Gasteiger partial charge < -0.3 is 10.1 Å². The molecule has 0 spiro atoms. The minimum atomic E-state index is -0.247. The Labute approximate surface area is 157 Å². The lowest BCUT2D eigenvalue weighted by atomic mass is 9.74. The van der Waals surface area contributed by atoms with E-state index in [1.165, 1.54) is 5.56 Å². The van der Waals surface area contributed by atoms with Crippen LogP contribution in [0.15, 0.2) is 48.5 Å². The van der Waals surface area contributed by atoms with Crippen LogP contribution in [0.25, 0.3) is 0 Å². The van der Waals surface area contributed by atoms with Crippen molar-refractivity contribution in [3.05, 3.63) is 69.7 Å². The Bertz CT molecular complexity index is 796. The van der Waals surface area contributed by atoms with Gasteiger partial charge in [-0.05, 0) is 55.1 Å². The minimum absolute atomic E-state index is 0.0458. The second-order valence-corrected chi connectivity index (χ2v) is 7.76. The molecule has 4 rings (SSSR count). The first-order valence-electron chi connectivity index (χ1n) is 8.51. The van der Waals surface area contributed by atoms with Crippen LogP contribution in [0.1, 0.15) is 28.8 Å². The van der Waals surface area contributed by atoms with E-state index in [0.717, 1.165) is 25.9 Å². The zero-order chi connectivity index (χ0) is 17.4. The largest absolute Gasteiger partial charge is 0.459 e. The van der Waals surface area contributed by atoms with Gasteiger partial charge in [-0.3, -0.25) is 0 Å². The molecule has 0 bridgehead atoms. The second-order valence-electron chi connectivity index (χ2n) is 6.95. The van der Waals surface area contributed by atoms with Crippen molar-refractivity contribution < 1.29 is 9.53 Å². The zero-order valence-electron chi connectivity index (χ0n) is 13.7. The summed E-state index contributed by atoms with van der Waals surface area (Å²) in [5.41, 5.74) is 1.73. The first-order valence-corrected chi connectivity index (χ1v) is 9.26. The predicted molar refractivity (Wildman–Crippen MR) is 99.4 cm³/mol. The number of esters is 1. The Kier molecular flexibility index (Phi) is 4.48. The Hall–Kier alpha value is -1.55. The average molecular weight is 376 g/mol. The van der Waals surface area contributed by atoms with Crippen molar-refractivity contribution in [2.75, 3.05) is 13.1 Å². The number of hydrogen-bond donors (Lipinski definition) is 1. The van der Waals surface area contributed by atoms with Crippen LogP contribution in [0.2, 0.25) is 10.0 Å². The van der Waals surface area contributed by atoms with Crippen molar-refractivity contribution in [1.29, 1.82) is 0 Å². The maximum Gasteiger partial charge on any atom is 0.338 e. The third-order valence-corrected chi connectivity index (χ3v) is 6.27. The van der Waals surface area contributed by atoms with E-state index in [1.807, 2.05) is 30.3 Å². The van der Waals surface area contributed by atoms with Gasteiger partial charge in [0.25, 0.3) is 0 Å². The van der Waals surface area contributed by atoms with E-state index in [0.29, 0.717) is 21.5 Å². The summed E-state index contributed by atoms with van der Waals surface area (Å²) in [7, 11) is 0. The van der Waals surface area contributed by atoms with E-state index >= 15 is 0 Å². The number of halogens is 2. The molecule has 2 aromatic carbocycles. The molecular weight excluding hydrogens is 357 g/mol. The van der Waals surface area contributed by atoms with Gasteiger partial charge >= 0.3 is 5.97 Å². The Morgan fingerprint density at radius 2 is 1.92 bits per heavy atom. The van der Waals surface area contributed by atoms with E-state index in [-0.39, 0.29) is 17.5 Å². The third-order valence-electron chi connectivity index (χ3n) is 5.53. The molecule has 1 aliphatic heterocycles. The molecule has 1 saturated heterocycles. The number of rotatable bonds is 3. The topological polar surface area (TPSA) is 38.3 Å².